The van der Waals surface area contributed by atoms with Crippen LogP contribution in [-0.2, 0) is 10.0 Å². The smallest absolute Gasteiger partial charge is 0.263 e. The van der Waals surface area contributed by atoms with Crippen molar-refractivity contribution in [1.82, 2.24) is 10.2 Å². The fraction of sp³-hybridized carbons (Fsp3) is 0.167. The predicted molar refractivity (Wildman–Crippen MR) is 81.2 cm³/mol. The number of nitrogens with two attached hydrogens (primary N) is 1. The molecule has 8 heteroatoms. The lowest BCUT2D eigenvalue weighted by atomic mass is 10.1. The largest absolute Gasteiger partial charge is 0.389 e. The van der Waals surface area contributed by atoms with Gasteiger partial charge in [-0.2, -0.15) is 5.10 Å². The first-order valence-corrected chi connectivity index (χ1v) is 7.63. The summed E-state index contributed by atoms with van der Waals surface area (Å²) in [5, 5.41) is 6.26. The van der Waals surface area contributed by atoms with Crippen LogP contribution in [0.15, 0.2) is 29.3 Å². The second kappa shape index (κ2) is 5.22. The van der Waals surface area contributed by atoms with Crippen molar-refractivity contribution in [2.75, 3.05) is 4.72 Å². The van der Waals surface area contributed by atoms with Gasteiger partial charge in [0.25, 0.3) is 10.0 Å². The summed E-state index contributed by atoms with van der Waals surface area (Å²) in [6.45, 7) is 3.77. The van der Waals surface area contributed by atoms with Crippen LogP contribution in [0.4, 0.5) is 5.82 Å². The molecule has 20 heavy (non-hydrogen) atoms. The van der Waals surface area contributed by atoms with Crippen molar-refractivity contribution in [3.63, 3.8) is 0 Å². The van der Waals surface area contributed by atoms with E-state index < -0.39 is 10.0 Å². The highest BCUT2D eigenvalue weighted by molar-refractivity contribution is 7.92. The summed E-state index contributed by atoms with van der Waals surface area (Å²) >= 11 is 4.83. The number of aromatic amines is 1. The fourth-order valence-electron chi connectivity index (χ4n) is 1.63. The highest BCUT2D eigenvalue weighted by atomic mass is 32.2. The highest BCUT2D eigenvalue weighted by Gasteiger charge is 2.18. The molecule has 6 nitrogen and oxygen atoms in total. The minimum absolute atomic E-state index is 0.0662. The zero-order valence-corrected chi connectivity index (χ0v) is 12.6. The van der Waals surface area contributed by atoms with Gasteiger partial charge in [-0.15, -0.1) is 0 Å². The molecule has 0 bridgehead atoms. The van der Waals surface area contributed by atoms with Gasteiger partial charge in [0, 0.05) is 0 Å². The molecule has 0 aliphatic rings. The molecular formula is C12H14N4O2S2. The Morgan fingerprint density at radius 1 is 1.35 bits per heavy atom. The normalized spacial score (nSPS) is 11.3. The van der Waals surface area contributed by atoms with Gasteiger partial charge in [0.05, 0.1) is 16.7 Å². The Balaban J connectivity index is 2.38. The number of benzene rings is 1. The van der Waals surface area contributed by atoms with Crippen molar-refractivity contribution >= 4 is 33.0 Å². The molecular weight excluding hydrogens is 296 g/mol. The third-order valence-electron chi connectivity index (χ3n) is 2.93. The number of rotatable bonds is 4. The first kappa shape index (κ1) is 14.5. The van der Waals surface area contributed by atoms with Gasteiger partial charge in [-0.3, -0.25) is 9.82 Å². The van der Waals surface area contributed by atoms with E-state index in [1.165, 1.54) is 6.20 Å². The Bertz CT molecular complexity index is 766. The molecule has 0 saturated heterocycles. The van der Waals surface area contributed by atoms with Gasteiger partial charge in [0.1, 0.15) is 10.8 Å². The van der Waals surface area contributed by atoms with Gasteiger partial charge in [-0.1, -0.05) is 18.3 Å². The van der Waals surface area contributed by atoms with Crippen LogP contribution in [0.3, 0.4) is 0 Å². The number of nitrogens with zero attached hydrogens (tertiary/aromatic N) is 1. The van der Waals surface area contributed by atoms with Crippen LogP contribution in [0, 0.1) is 13.8 Å². The standard InChI is InChI=1S/C12H14N4O2S2/c1-7-3-4-9(5-8(7)2)20(17,18)16-12-10(11(13)19)6-14-15-12/h3-6H,1-2H3,(H2,13,19)(H2,14,15,16). The summed E-state index contributed by atoms with van der Waals surface area (Å²) in [6, 6.07) is 4.90. The maximum atomic E-state index is 12.3. The molecule has 1 aromatic heterocycles. The number of nitrogens with one attached hydrogen (secondary N) is 2. The molecule has 0 radical (unpaired) electrons. The van der Waals surface area contributed by atoms with Gasteiger partial charge in [0.15, 0.2) is 0 Å². The van der Waals surface area contributed by atoms with Gasteiger partial charge in [-0.25, -0.2) is 8.42 Å². The molecule has 2 aromatic rings. The number of aromatic nitrogens is 2. The van der Waals surface area contributed by atoms with Gasteiger partial charge in [-0.05, 0) is 37.1 Å². The molecule has 0 amide bonds. The number of hydrogen-bond donors (Lipinski definition) is 3. The van der Waals surface area contributed by atoms with E-state index in [2.05, 4.69) is 14.9 Å². The van der Waals surface area contributed by atoms with Crippen LogP contribution in [0.2, 0.25) is 0 Å². The average Bonchev–Trinajstić information content (AvgIpc) is 2.80. The van der Waals surface area contributed by atoms with E-state index in [4.69, 9.17) is 18.0 Å². The molecule has 106 valence electrons. The molecule has 2 rings (SSSR count). The van der Waals surface area contributed by atoms with Crippen molar-refractivity contribution in [1.29, 1.82) is 0 Å². The van der Waals surface area contributed by atoms with Crippen LogP contribution >= 0.6 is 12.2 Å². The number of H-pyrrole nitrogens is 1. The van der Waals surface area contributed by atoms with E-state index in [0.29, 0.717) is 5.56 Å². The summed E-state index contributed by atoms with van der Waals surface area (Å²) in [5.41, 5.74) is 7.77. The van der Waals surface area contributed by atoms with E-state index in [0.717, 1.165) is 11.1 Å². The van der Waals surface area contributed by atoms with E-state index in [1.807, 2.05) is 13.8 Å². The first-order valence-electron chi connectivity index (χ1n) is 5.74. The second-order valence-corrected chi connectivity index (χ2v) is 6.50. The van der Waals surface area contributed by atoms with Crippen molar-refractivity contribution in [2.45, 2.75) is 18.7 Å². The highest BCUT2D eigenvalue weighted by Crippen LogP contribution is 2.19. The molecule has 0 unspecified atom stereocenters. The third kappa shape index (κ3) is 2.81. The minimum Gasteiger partial charge on any atom is -0.389 e. The number of hydrogen-bond acceptors (Lipinski definition) is 4. The molecule has 1 heterocycles. The zero-order valence-electron chi connectivity index (χ0n) is 11.0. The van der Waals surface area contributed by atoms with Crippen LogP contribution in [0.25, 0.3) is 0 Å². The predicted octanol–water partition coefficient (Wildman–Crippen LogP) is 1.46. The van der Waals surface area contributed by atoms with Crippen molar-refractivity contribution in [3.05, 3.63) is 41.1 Å². The maximum absolute atomic E-state index is 12.3. The summed E-state index contributed by atoms with van der Waals surface area (Å²) in [7, 11) is -3.71. The Labute approximate surface area is 122 Å². The van der Waals surface area contributed by atoms with Gasteiger partial charge >= 0.3 is 0 Å². The first-order chi connectivity index (χ1) is 9.31. The summed E-state index contributed by atoms with van der Waals surface area (Å²) in [6.07, 6.45) is 1.38. The number of thiocarbonyl (C=S) groups is 1. The van der Waals surface area contributed by atoms with Crippen LogP contribution in [0.5, 0.6) is 0 Å². The Morgan fingerprint density at radius 3 is 2.65 bits per heavy atom. The Morgan fingerprint density at radius 2 is 2.05 bits per heavy atom. The molecule has 1 aromatic carbocycles. The third-order valence-corrected chi connectivity index (χ3v) is 4.50. The lowest BCUT2D eigenvalue weighted by Gasteiger charge is -2.09. The lowest BCUT2D eigenvalue weighted by Crippen LogP contribution is -2.17. The number of sulfonamides is 1. The maximum Gasteiger partial charge on any atom is 0.263 e. The van der Waals surface area contributed by atoms with E-state index in [-0.39, 0.29) is 15.7 Å². The molecule has 0 aliphatic carbocycles. The monoisotopic (exact) mass is 310 g/mol. The van der Waals surface area contributed by atoms with E-state index >= 15 is 0 Å². The lowest BCUT2D eigenvalue weighted by molar-refractivity contribution is 0.601. The Hall–Kier alpha value is -1.93. The minimum atomic E-state index is -3.71. The quantitative estimate of drug-likeness (QED) is 0.742. The van der Waals surface area contributed by atoms with E-state index in [9.17, 15) is 8.42 Å². The number of anilines is 1. The summed E-state index contributed by atoms with van der Waals surface area (Å²) < 4.78 is 27.0. The van der Waals surface area contributed by atoms with Crippen LogP contribution < -0.4 is 10.5 Å². The summed E-state index contributed by atoms with van der Waals surface area (Å²) in [4.78, 5) is 0.237. The van der Waals surface area contributed by atoms with Crippen LogP contribution in [0.1, 0.15) is 16.7 Å². The molecule has 0 aliphatic heterocycles. The van der Waals surface area contributed by atoms with Crippen molar-refractivity contribution in [2.24, 2.45) is 5.73 Å². The van der Waals surface area contributed by atoms with Gasteiger partial charge in [0.2, 0.25) is 0 Å². The fourth-order valence-corrected chi connectivity index (χ4v) is 2.90. The molecule has 0 fully saturated rings. The van der Waals surface area contributed by atoms with E-state index in [1.54, 1.807) is 18.2 Å². The molecule has 0 atom stereocenters. The Kier molecular flexibility index (Phi) is 3.78. The van der Waals surface area contributed by atoms with Crippen molar-refractivity contribution in [3.8, 4) is 0 Å². The molecule has 0 saturated carbocycles. The molecule has 0 spiro atoms. The SMILES string of the molecule is Cc1ccc(S(=O)(=O)Nc2[nH]ncc2C(N)=S)cc1C. The topological polar surface area (TPSA) is 101 Å². The van der Waals surface area contributed by atoms with Crippen molar-refractivity contribution < 1.29 is 8.42 Å². The zero-order chi connectivity index (χ0) is 14.9. The average molecular weight is 310 g/mol. The molecule has 4 N–H and O–H groups in total. The van der Waals surface area contributed by atoms with Crippen LogP contribution in [-0.4, -0.2) is 23.6 Å². The van der Waals surface area contributed by atoms with Gasteiger partial charge < -0.3 is 5.73 Å². The number of aryl methyl sites for hydroxylation is 2. The second-order valence-electron chi connectivity index (χ2n) is 4.37. The summed E-state index contributed by atoms with van der Waals surface area (Å²) in [5.74, 6) is 0.163.